The van der Waals surface area contributed by atoms with Crippen LogP contribution in [0.4, 0.5) is 22.0 Å². The summed E-state index contributed by atoms with van der Waals surface area (Å²) in [7, 11) is 0. The van der Waals surface area contributed by atoms with E-state index in [9.17, 15) is 4.79 Å². The second kappa shape index (κ2) is 8.42. The number of aromatic amines is 1. The zero-order valence-corrected chi connectivity index (χ0v) is 19.3. The Hall–Kier alpha value is -3.98. The van der Waals surface area contributed by atoms with Gasteiger partial charge in [0.25, 0.3) is 0 Å². The predicted octanol–water partition coefficient (Wildman–Crippen LogP) is 5.73. The lowest BCUT2D eigenvalue weighted by atomic mass is 9.94. The van der Waals surface area contributed by atoms with Crippen molar-refractivity contribution in [2.24, 2.45) is 0 Å². The number of carbonyl (C=O) groups is 1. The van der Waals surface area contributed by atoms with Crippen molar-refractivity contribution in [3.8, 4) is 0 Å². The van der Waals surface area contributed by atoms with E-state index >= 15 is 0 Å². The summed E-state index contributed by atoms with van der Waals surface area (Å²) in [6.07, 6.45) is 5.05. The number of amides is 1. The number of carbonyl (C=O) groups excluding carboxylic acids is 1. The zero-order valence-electron chi connectivity index (χ0n) is 18.5. The second-order valence-electron chi connectivity index (χ2n) is 8.46. The Kier molecular flexibility index (Phi) is 5.10. The summed E-state index contributed by atoms with van der Waals surface area (Å²) in [4.78, 5) is 23.6. The van der Waals surface area contributed by atoms with E-state index in [1.165, 1.54) is 10.4 Å². The van der Waals surface area contributed by atoms with Crippen LogP contribution in [0, 0.1) is 6.92 Å². The molecule has 3 aromatic heterocycles. The third-order valence-electron chi connectivity index (χ3n) is 6.07. The average molecular weight is 471 g/mol. The van der Waals surface area contributed by atoms with Crippen molar-refractivity contribution in [1.29, 1.82) is 0 Å². The minimum absolute atomic E-state index is 0.168. The van der Waals surface area contributed by atoms with E-state index in [0.717, 1.165) is 56.7 Å². The van der Waals surface area contributed by atoms with Gasteiger partial charge in [-0.1, -0.05) is 17.7 Å². The first kappa shape index (κ1) is 20.6. The molecular formula is C25H22N6O2S. The summed E-state index contributed by atoms with van der Waals surface area (Å²) in [5.74, 6) is 0.793. The molecule has 1 aliphatic rings. The highest BCUT2D eigenvalue weighted by molar-refractivity contribution is 7.19. The van der Waals surface area contributed by atoms with Crippen molar-refractivity contribution in [2.45, 2.75) is 32.3 Å². The van der Waals surface area contributed by atoms with Gasteiger partial charge in [0, 0.05) is 28.1 Å². The molecule has 0 saturated carbocycles. The highest BCUT2D eigenvalue weighted by atomic mass is 32.1. The van der Waals surface area contributed by atoms with Gasteiger partial charge in [0.15, 0.2) is 0 Å². The molecule has 0 saturated heterocycles. The number of rotatable bonds is 4. The molecule has 0 radical (unpaired) electrons. The molecular weight excluding hydrogens is 448 g/mol. The Bertz CT molecular complexity index is 1510. The van der Waals surface area contributed by atoms with Crippen LogP contribution in [0.3, 0.4) is 0 Å². The van der Waals surface area contributed by atoms with Crippen LogP contribution in [0.15, 0.2) is 55.0 Å². The maximum Gasteiger partial charge on any atom is 0.411 e. The number of nitrogens with one attached hydrogen (secondary N) is 3. The van der Waals surface area contributed by atoms with Crippen LogP contribution in [0.5, 0.6) is 0 Å². The van der Waals surface area contributed by atoms with E-state index in [2.05, 4.69) is 30.8 Å². The van der Waals surface area contributed by atoms with Gasteiger partial charge in [-0.3, -0.25) is 10.4 Å². The van der Waals surface area contributed by atoms with Gasteiger partial charge in [0.1, 0.15) is 23.1 Å². The van der Waals surface area contributed by atoms with Crippen molar-refractivity contribution < 1.29 is 9.53 Å². The highest BCUT2D eigenvalue weighted by Gasteiger charge is 2.27. The minimum atomic E-state index is -0.421. The molecule has 1 aliphatic carbocycles. The number of aryl methyl sites for hydroxylation is 2. The molecule has 0 bridgehead atoms. The number of thiophene rings is 1. The highest BCUT2D eigenvalue weighted by Crippen LogP contribution is 2.39. The van der Waals surface area contributed by atoms with Crippen LogP contribution in [-0.4, -0.2) is 32.4 Å². The topological polar surface area (TPSA) is 105 Å². The molecule has 0 spiro atoms. The first-order valence-electron chi connectivity index (χ1n) is 11.1. The normalized spacial score (nSPS) is 15.3. The number of hydrogen-bond acceptors (Lipinski definition) is 7. The molecule has 6 rings (SSSR count). The molecule has 9 heteroatoms. The van der Waals surface area contributed by atoms with Crippen molar-refractivity contribution in [1.82, 2.24) is 20.2 Å². The molecule has 170 valence electrons. The number of aromatic nitrogens is 4. The Morgan fingerprint density at radius 3 is 2.88 bits per heavy atom. The Morgan fingerprint density at radius 2 is 2.00 bits per heavy atom. The van der Waals surface area contributed by atoms with Crippen LogP contribution in [-0.2, 0) is 17.6 Å². The van der Waals surface area contributed by atoms with Crippen LogP contribution >= 0.6 is 11.3 Å². The fraction of sp³-hybridized carbons (Fsp3) is 0.200. The molecule has 1 atom stereocenters. The first-order valence-corrected chi connectivity index (χ1v) is 11.9. The third-order valence-corrected chi connectivity index (χ3v) is 7.24. The largest absolute Gasteiger partial charge is 0.446 e. The average Bonchev–Trinajstić information content (AvgIpc) is 3.44. The number of ether oxygens (including phenoxy) is 1. The van der Waals surface area contributed by atoms with Gasteiger partial charge < -0.3 is 10.1 Å². The smallest absolute Gasteiger partial charge is 0.411 e. The van der Waals surface area contributed by atoms with E-state index in [-0.39, 0.29) is 6.10 Å². The van der Waals surface area contributed by atoms with Crippen molar-refractivity contribution in [2.75, 3.05) is 10.6 Å². The van der Waals surface area contributed by atoms with Crippen LogP contribution in [0.25, 0.3) is 21.1 Å². The monoisotopic (exact) mass is 470 g/mol. The third kappa shape index (κ3) is 3.94. The van der Waals surface area contributed by atoms with Crippen molar-refractivity contribution in [3.05, 3.63) is 71.0 Å². The zero-order chi connectivity index (χ0) is 23.1. The van der Waals surface area contributed by atoms with E-state index in [0.29, 0.717) is 6.42 Å². The predicted molar refractivity (Wildman–Crippen MR) is 134 cm³/mol. The number of hydrogen-bond donors (Lipinski definition) is 3. The summed E-state index contributed by atoms with van der Waals surface area (Å²) < 4.78 is 5.73. The lowest BCUT2D eigenvalue weighted by Crippen LogP contribution is -2.27. The number of benzene rings is 2. The molecule has 3 N–H and O–H groups in total. The van der Waals surface area contributed by atoms with E-state index in [4.69, 9.17) is 4.74 Å². The molecule has 1 unspecified atom stereocenters. The van der Waals surface area contributed by atoms with Gasteiger partial charge in [-0.25, -0.2) is 14.8 Å². The number of nitrogens with zero attached hydrogens (tertiary/aromatic N) is 3. The summed E-state index contributed by atoms with van der Waals surface area (Å²) in [6, 6.07) is 13.7. The Morgan fingerprint density at radius 1 is 1.15 bits per heavy atom. The molecule has 1 amide bonds. The number of anilines is 3. The Balaban J connectivity index is 1.20. The van der Waals surface area contributed by atoms with Crippen LogP contribution < -0.4 is 10.6 Å². The van der Waals surface area contributed by atoms with Gasteiger partial charge in [0.05, 0.1) is 17.1 Å². The van der Waals surface area contributed by atoms with E-state index in [1.807, 2.05) is 49.4 Å². The second-order valence-corrected chi connectivity index (χ2v) is 9.55. The van der Waals surface area contributed by atoms with Crippen molar-refractivity contribution in [3.63, 3.8) is 0 Å². The van der Waals surface area contributed by atoms with E-state index in [1.54, 1.807) is 23.9 Å². The Labute approximate surface area is 199 Å². The van der Waals surface area contributed by atoms with Gasteiger partial charge in [-0.15, -0.1) is 11.3 Å². The molecule has 5 aromatic rings. The molecule has 3 heterocycles. The summed E-state index contributed by atoms with van der Waals surface area (Å²) in [5, 5.41) is 15.4. The van der Waals surface area contributed by atoms with E-state index < -0.39 is 6.09 Å². The summed E-state index contributed by atoms with van der Waals surface area (Å²) in [5.41, 5.74) is 5.05. The van der Waals surface area contributed by atoms with Crippen LogP contribution in [0.2, 0.25) is 0 Å². The van der Waals surface area contributed by atoms with Gasteiger partial charge >= 0.3 is 6.09 Å². The quantitative estimate of drug-likeness (QED) is 0.310. The minimum Gasteiger partial charge on any atom is -0.446 e. The summed E-state index contributed by atoms with van der Waals surface area (Å²) in [6.45, 7) is 2.01. The standard InChI is InChI=1S/C25H22N6O2S/c1-14-2-4-16(5-3-14)30-25(32)33-18-7-8-19-21(11-18)34-24-22(19)23(26-13-27-24)29-17-6-9-20-15(10-17)12-28-31-20/h2-6,9-10,12-13,18H,7-8,11H2,1H3,(H,28,31)(H,30,32)(H,26,27,29). The lowest BCUT2D eigenvalue weighted by Gasteiger charge is -2.23. The van der Waals surface area contributed by atoms with Gasteiger partial charge in [0.2, 0.25) is 0 Å². The molecule has 34 heavy (non-hydrogen) atoms. The summed E-state index contributed by atoms with van der Waals surface area (Å²) >= 11 is 1.65. The first-order chi connectivity index (χ1) is 16.6. The maximum absolute atomic E-state index is 12.4. The fourth-order valence-electron chi connectivity index (χ4n) is 4.37. The fourth-order valence-corrected chi connectivity index (χ4v) is 5.62. The maximum atomic E-state index is 12.4. The van der Waals surface area contributed by atoms with Gasteiger partial charge in [-0.2, -0.15) is 5.10 Å². The molecule has 0 aliphatic heterocycles. The lowest BCUT2D eigenvalue weighted by molar-refractivity contribution is 0.103. The number of fused-ring (bicyclic) bond motifs is 4. The molecule has 0 fully saturated rings. The number of H-pyrrole nitrogens is 1. The van der Waals surface area contributed by atoms with Gasteiger partial charge in [-0.05, 0) is 55.7 Å². The molecule has 2 aromatic carbocycles. The van der Waals surface area contributed by atoms with Crippen molar-refractivity contribution >= 4 is 55.7 Å². The SMILES string of the molecule is Cc1ccc(NC(=O)OC2CCc3c(sc4ncnc(Nc5ccc6[nH]ncc6c5)c34)C2)cc1. The van der Waals surface area contributed by atoms with Crippen LogP contribution in [0.1, 0.15) is 22.4 Å². The molecule has 8 nitrogen and oxygen atoms in total.